The molecule has 5 heteroatoms. The highest BCUT2D eigenvalue weighted by atomic mass is 16.5. The summed E-state index contributed by atoms with van der Waals surface area (Å²) in [6.07, 6.45) is 0. The summed E-state index contributed by atoms with van der Waals surface area (Å²) in [5, 5.41) is 3.97. The van der Waals surface area contributed by atoms with Crippen molar-refractivity contribution >= 4 is 22.5 Å². The second-order valence-corrected chi connectivity index (χ2v) is 5.42. The number of aromatic nitrogens is 1. The molecule has 5 nitrogen and oxygen atoms in total. The van der Waals surface area contributed by atoms with Gasteiger partial charge in [0.25, 0.3) is 5.91 Å². The smallest absolute Gasteiger partial charge is 0.272 e. The SMILES string of the molecule is COCCn1c(C(=O)Nc2ccc(OC)cc2)cc2ccccc21. The molecule has 1 aromatic heterocycles. The van der Waals surface area contributed by atoms with Crippen molar-refractivity contribution in [2.24, 2.45) is 0 Å². The van der Waals surface area contributed by atoms with Crippen LogP contribution in [0.3, 0.4) is 0 Å². The Balaban J connectivity index is 1.90. The Labute approximate surface area is 140 Å². The Morgan fingerprint density at radius 3 is 2.54 bits per heavy atom. The summed E-state index contributed by atoms with van der Waals surface area (Å²) >= 11 is 0. The van der Waals surface area contributed by atoms with E-state index >= 15 is 0 Å². The molecule has 0 spiro atoms. The monoisotopic (exact) mass is 324 g/mol. The van der Waals surface area contributed by atoms with E-state index in [1.54, 1.807) is 14.2 Å². The molecule has 1 heterocycles. The number of carbonyl (C=O) groups is 1. The van der Waals surface area contributed by atoms with E-state index in [-0.39, 0.29) is 5.91 Å². The van der Waals surface area contributed by atoms with E-state index in [1.807, 2.05) is 59.2 Å². The van der Waals surface area contributed by atoms with Crippen molar-refractivity contribution in [3.63, 3.8) is 0 Å². The molecule has 0 bridgehead atoms. The highest BCUT2D eigenvalue weighted by molar-refractivity contribution is 6.06. The molecular weight excluding hydrogens is 304 g/mol. The number of methoxy groups -OCH3 is 2. The highest BCUT2D eigenvalue weighted by Crippen LogP contribution is 2.22. The largest absolute Gasteiger partial charge is 0.497 e. The van der Waals surface area contributed by atoms with Crippen LogP contribution >= 0.6 is 0 Å². The third-order valence-corrected chi connectivity index (χ3v) is 3.91. The number of nitrogens with one attached hydrogen (secondary N) is 1. The number of hydrogen-bond acceptors (Lipinski definition) is 3. The van der Waals surface area contributed by atoms with Gasteiger partial charge in [-0.15, -0.1) is 0 Å². The minimum atomic E-state index is -0.146. The lowest BCUT2D eigenvalue weighted by atomic mass is 10.2. The minimum Gasteiger partial charge on any atom is -0.497 e. The fourth-order valence-corrected chi connectivity index (χ4v) is 2.69. The van der Waals surface area contributed by atoms with Crippen LogP contribution in [-0.2, 0) is 11.3 Å². The van der Waals surface area contributed by atoms with E-state index < -0.39 is 0 Å². The molecule has 124 valence electrons. The van der Waals surface area contributed by atoms with Crippen molar-refractivity contribution < 1.29 is 14.3 Å². The second kappa shape index (κ2) is 7.19. The third-order valence-electron chi connectivity index (χ3n) is 3.91. The second-order valence-electron chi connectivity index (χ2n) is 5.42. The maximum atomic E-state index is 12.7. The molecule has 0 atom stereocenters. The van der Waals surface area contributed by atoms with Crippen molar-refractivity contribution in [1.29, 1.82) is 0 Å². The molecule has 0 saturated heterocycles. The summed E-state index contributed by atoms with van der Waals surface area (Å²) in [4.78, 5) is 12.7. The van der Waals surface area contributed by atoms with E-state index in [9.17, 15) is 4.79 Å². The van der Waals surface area contributed by atoms with Crippen LogP contribution in [0.2, 0.25) is 0 Å². The number of nitrogens with zero attached hydrogens (tertiary/aromatic N) is 1. The van der Waals surface area contributed by atoms with Gasteiger partial charge in [0.2, 0.25) is 0 Å². The Morgan fingerprint density at radius 2 is 1.83 bits per heavy atom. The van der Waals surface area contributed by atoms with E-state index in [0.717, 1.165) is 22.3 Å². The van der Waals surface area contributed by atoms with Gasteiger partial charge in [-0.3, -0.25) is 4.79 Å². The van der Waals surface area contributed by atoms with Crippen LogP contribution in [-0.4, -0.2) is 31.3 Å². The van der Waals surface area contributed by atoms with E-state index in [4.69, 9.17) is 9.47 Å². The van der Waals surface area contributed by atoms with Crippen molar-refractivity contribution in [2.75, 3.05) is 26.1 Å². The topological polar surface area (TPSA) is 52.5 Å². The van der Waals surface area contributed by atoms with Crippen LogP contribution in [0, 0.1) is 0 Å². The van der Waals surface area contributed by atoms with E-state index in [2.05, 4.69) is 5.32 Å². The molecule has 3 rings (SSSR count). The lowest BCUT2D eigenvalue weighted by molar-refractivity contribution is 0.101. The molecule has 1 amide bonds. The summed E-state index contributed by atoms with van der Waals surface area (Å²) in [7, 11) is 3.27. The number of rotatable bonds is 6. The number of amides is 1. The molecule has 0 radical (unpaired) electrons. The zero-order valence-electron chi connectivity index (χ0n) is 13.8. The first-order chi connectivity index (χ1) is 11.7. The summed E-state index contributed by atoms with van der Waals surface area (Å²) in [5.74, 6) is 0.606. The van der Waals surface area contributed by atoms with Crippen molar-refractivity contribution in [2.45, 2.75) is 6.54 Å². The standard InChI is InChI=1S/C19H20N2O3/c1-23-12-11-21-17-6-4-3-5-14(17)13-18(21)19(22)20-15-7-9-16(24-2)10-8-15/h3-10,13H,11-12H2,1-2H3,(H,20,22). The predicted molar refractivity (Wildman–Crippen MR) is 94.8 cm³/mol. The lowest BCUT2D eigenvalue weighted by Crippen LogP contribution is -2.18. The zero-order chi connectivity index (χ0) is 16.9. The highest BCUT2D eigenvalue weighted by Gasteiger charge is 2.15. The first-order valence-electron chi connectivity index (χ1n) is 7.75. The van der Waals surface area contributed by atoms with Gasteiger partial charge in [-0.25, -0.2) is 0 Å². The van der Waals surface area contributed by atoms with Gasteiger partial charge in [-0.2, -0.15) is 0 Å². The molecule has 0 fully saturated rings. The first-order valence-corrected chi connectivity index (χ1v) is 7.75. The normalized spacial score (nSPS) is 10.8. The van der Waals surface area contributed by atoms with Gasteiger partial charge in [-0.05, 0) is 36.4 Å². The fraction of sp³-hybridized carbons (Fsp3) is 0.211. The van der Waals surface area contributed by atoms with Gasteiger partial charge in [0, 0.05) is 30.2 Å². The zero-order valence-corrected chi connectivity index (χ0v) is 13.8. The lowest BCUT2D eigenvalue weighted by Gasteiger charge is -2.11. The number of hydrogen-bond donors (Lipinski definition) is 1. The maximum Gasteiger partial charge on any atom is 0.272 e. The molecule has 3 aromatic rings. The molecule has 0 aliphatic heterocycles. The summed E-state index contributed by atoms with van der Waals surface area (Å²) < 4.78 is 12.3. The number of anilines is 1. The molecule has 0 aliphatic rings. The van der Waals surface area contributed by atoms with Gasteiger partial charge in [0.05, 0.1) is 13.7 Å². The molecular formula is C19H20N2O3. The van der Waals surface area contributed by atoms with Crippen molar-refractivity contribution in [3.8, 4) is 5.75 Å². The Morgan fingerprint density at radius 1 is 1.08 bits per heavy atom. The number of ether oxygens (including phenoxy) is 2. The van der Waals surface area contributed by atoms with Gasteiger partial charge < -0.3 is 19.4 Å². The van der Waals surface area contributed by atoms with Crippen LogP contribution in [0.5, 0.6) is 5.75 Å². The first kappa shape index (κ1) is 16.1. The number of carbonyl (C=O) groups excluding carboxylic acids is 1. The van der Waals surface area contributed by atoms with Crippen molar-refractivity contribution in [1.82, 2.24) is 4.57 Å². The number of fused-ring (bicyclic) bond motifs is 1. The van der Waals surface area contributed by atoms with Crippen LogP contribution in [0.15, 0.2) is 54.6 Å². The maximum absolute atomic E-state index is 12.7. The van der Waals surface area contributed by atoms with Gasteiger partial charge in [0.1, 0.15) is 11.4 Å². The quantitative estimate of drug-likeness (QED) is 0.754. The summed E-state index contributed by atoms with van der Waals surface area (Å²) in [5.41, 5.74) is 2.36. The minimum absolute atomic E-state index is 0.146. The summed E-state index contributed by atoms with van der Waals surface area (Å²) in [6, 6.07) is 17.1. The van der Waals surface area contributed by atoms with Crippen LogP contribution in [0.25, 0.3) is 10.9 Å². The average Bonchev–Trinajstić information content (AvgIpc) is 2.99. The van der Waals surface area contributed by atoms with Gasteiger partial charge >= 0.3 is 0 Å². The molecule has 0 aliphatic carbocycles. The fourth-order valence-electron chi connectivity index (χ4n) is 2.69. The predicted octanol–water partition coefficient (Wildman–Crippen LogP) is 3.55. The van der Waals surface area contributed by atoms with Crippen LogP contribution in [0.1, 0.15) is 10.5 Å². The van der Waals surface area contributed by atoms with Crippen molar-refractivity contribution in [3.05, 3.63) is 60.3 Å². The molecule has 2 aromatic carbocycles. The molecule has 0 unspecified atom stereocenters. The molecule has 1 N–H and O–H groups in total. The molecule has 24 heavy (non-hydrogen) atoms. The van der Waals surface area contributed by atoms with Gasteiger partial charge in [0.15, 0.2) is 0 Å². The van der Waals surface area contributed by atoms with E-state index in [1.165, 1.54) is 0 Å². The number of benzene rings is 2. The summed E-state index contributed by atoms with van der Waals surface area (Å²) in [6.45, 7) is 1.16. The third kappa shape index (κ3) is 3.26. The molecule has 0 saturated carbocycles. The average molecular weight is 324 g/mol. The van der Waals surface area contributed by atoms with E-state index in [0.29, 0.717) is 18.8 Å². The van der Waals surface area contributed by atoms with Gasteiger partial charge in [-0.1, -0.05) is 18.2 Å². The Hall–Kier alpha value is -2.79. The van der Waals surface area contributed by atoms with Crippen LogP contribution in [0.4, 0.5) is 5.69 Å². The Kier molecular flexibility index (Phi) is 4.82. The number of para-hydroxylation sites is 1. The van der Waals surface area contributed by atoms with Crippen LogP contribution < -0.4 is 10.1 Å². The Bertz CT molecular complexity index is 837.